The first-order valence-electron chi connectivity index (χ1n) is 7.71. The average molecular weight is 256 g/mol. The Bertz CT molecular complexity index is 225. The fourth-order valence-electron chi connectivity index (χ4n) is 2.24. The third-order valence-corrected chi connectivity index (χ3v) is 4.07. The molecule has 2 nitrogen and oxygen atoms in total. The van der Waals surface area contributed by atoms with Crippen LogP contribution in [0.4, 0.5) is 0 Å². The minimum atomic E-state index is -0.280. The number of ether oxygens (including phenoxy) is 1. The van der Waals surface area contributed by atoms with Crippen molar-refractivity contribution < 1.29 is 9.53 Å². The molecule has 0 amide bonds. The van der Waals surface area contributed by atoms with E-state index >= 15 is 0 Å². The van der Waals surface area contributed by atoms with Gasteiger partial charge in [0.15, 0.2) is 0 Å². The smallest absolute Gasteiger partial charge is 0.311 e. The van der Waals surface area contributed by atoms with Crippen molar-refractivity contribution in [1.29, 1.82) is 0 Å². The SMILES string of the molecule is CCCCC(CC)COC(=O)C(C)(CC)CCC. The monoisotopic (exact) mass is 256 g/mol. The predicted molar refractivity (Wildman–Crippen MR) is 77.6 cm³/mol. The fraction of sp³-hybridized carbons (Fsp3) is 0.938. The summed E-state index contributed by atoms with van der Waals surface area (Å²) in [5.41, 5.74) is -0.280. The van der Waals surface area contributed by atoms with Gasteiger partial charge in [-0.1, -0.05) is 53.4 Å². The van der Waals surface area contributed by atoms with Gasteiger partial charge in [0.25, 0.3) is 0 Å². The summed E-state index contributed by atoms with van der Waals surface area (Å²) in [5, 5.41) is 0. The van der Waals surface area contributed by atoms with E-state index in [9.17, 15) is 4.79 Å². The van der Waals surface area contributed by atoms with Crippen LogP contribution in [-0.4, -0.2) is 12.6 Å². The lowest BCUT2D eigenvalue weighted by atomic mass is 9.83. The molecule has 0 heterocycles. The number of hydrogen-bond acceptors (Lipinski definition) is 2. The van der Waals surface area contributed by atoms with Gasteiger partial charge in [-0.3, -0.25) is 4.79 Å². The van der Waals surface area contributed by atoms with Gasteiger partial charge in [-0.15, -0.1) is 0 Å². The lowest BCUT2D eigenvalue weighted by Crippen LogP contribution is -2.30. The first-order valence-corrected chi connectivity index (χ1v) is 7.71. The average Bonchev–Trinajstić information content (AvgIpc) is 2.38. The van der Waals surface area contributed by atoms with Crippen LogP contribution >= 0.6 is 0 Å². The second-order valence-corrected chi connectivity index (χ2v) is 5.68. The highest BCUT2D eigenvalue weighted by molar-refractivity contribution is 5.76. The maximum Gasteiger partial charge on any atom is 0.311 e. The van der Waals surface area contributed by atoms with E-state index in [-0.39, 0.29) is 11.4 Å². The molecule has 0 aromatic rings. The van der Waals surface area contributed by atoms with Crippen molar-refractivity contribution in [3.05, 3.63) is 0 Å². The highest BCUT2D eigenvalue weighted by Gasteiger charge is 2.32. The molecule has 0 aromatic carbocycles. The van der Waals surface area contributed by atoms with Crippen molar-refractivity contribution in [3.8, 4) is 0 Å². The van der Waals surface area contributed by atoms with Crippen LogP contribution in [0.2, 0.25) is 0 Å². The zero-order chi connectivity index (χ0) is 14.0. The third kappa shape index (κ3) is 5.88. The predicted octanol–water partition coefficient (Wildman–Crippen LogP) is 4.96. The van der Waals surface area contributed by atoms with Crippen molar-refractivity contribution in [3.63, 3.8) is 0 Å². The van der Waals surface area contributed by atoms with Crippen molar-refractivity contribution in [2.45, 2.75) is 79.6 Å². The van der Waals surface area contributed by atoms with Gasteiger partial charge in [0, 0.05) is 0 Å². The van der Waals surface area contributed by atoms with E-state index in [0.29, 0.717) is 12.5 Å². The Hall–Kier alpha value is -0.530. The molecule has 0 saturated carbocycles. The molecule has 18 heavy (non-hydrogen) atoms. The van der Waals surface area contributed by atoms with Crippen LogP contribution in [0.5, 0.6) is 0 Å². The number of esters is 1. The highest BCUT2D eigenvalue weighted by Crippen LogP contribution is 2.29. The van der Waals surface area contributed by atoms with Crippen LogP contribution in [0.15, 0.2) is 0 Å². The van der Waals surface area contributed by atoms with Crippen LogP contribution in [0.25, 0.3) is 0 Å². The Kier molecular flexibility index (Phi) is 9.13. The first kappa shape index (κ1) is 17.5. The van der Waals surface area contributed by atoms with E-state index < -0.39 is 0 Å². The summed E-state index contributed by atoms with van der Waals surface area (Å²) >= 11 is 0. The van der Waals surface area contributed by atoms with Crippen LogP contribution in [0, 0.1) is 11.3 Å². The molecular weight excluding hydrogens is 224 g/mol. The Morgan fingerprint density at radius 2 is 1.83 bits per heavy atom. The molecule has 0 aliphatic carbocycles. The quantitative estimate of drug-likeness (QED) is 0.516. The van der Waals surface area contributed by atoms with Gasteiger partial charge in [-0.05, 0) is 32.1 Å². The van der Waals surface area contributed by atoms with E-state index in [2.05, 4.69) is 27.7 Å². The molecule has 0 N–H and O–H groups in total. The zero-order valence-electron chi connectivity index (χ0n) is 13.1. The topological polar surface area (TPSA) is 26.3 Å². The Morgan fingerprint density at radius 1 is 1.17 bits per heavy atom. The lowest BCUT2D eigenvalue weighted by molar-refractivity contribution is -0.157. The molecule has 2 heteroatoms. The van der Waals surface area contributed by atoms with E-state index in [1.165, 1.54) is 19.3 Å². The number of rotatable bonds is 10. The Balaban J connectivity index is 4.20. The van der Waals surface area contributed by atoms with Crippen LogP contribution in [-0.2, 0) is 9.53 Å². The highest BCUT2D eigenvalue weighted by atomic mass is 16.5. The van der Waals surface area contributed by atoms with Crippen molar-refractivity contribution in [1.82, 2.24) is 0 Å². The van der Waals surface area contributed by atoms with E-state index in [1.807, 2.05) is 6.92 Å². The summed E-state index contributed by atoms with van der Waals surface area (Å²) in [5.74, 6) is 0.540. The molecule has 0 bridgehead atoms. The summed E-state index contributed by atoms with van der Waals surface area (Å²) < 4.78 is 5.56. The Morgan fingerprint density at radius 3 is 2.28 bits per heavy atom. The standard InChI is InChI=1S/C16H32O2/c1-6-10-11-14(8-3)13-18-15(17)16(5,9-4)12-7-2/h14H,6-13H2,1-5H3. The summed E-state index contributed by atoms with van der Waals surface area (Å²) in [6.45, 7) is 11.2. The van der Waals surface area contributed by atoms with Crippen molar-refractivity contribution in [2.75, 3.05) is 6.61 Å². The van der Waals surface area contributed by atoms with E-state index in [4.69, 9.17) is 4.74 Å². The molecular formula is C16H32O2. The maximum absolute atomic E-state index is 12.2. The fourth-order valence-corrected chi connectivity index (χ4v) is 2.24. The molecule has 0 radical (unpaired) electrons. The normalized spacial score (nSPS) is 16.1. The Labute approximate surface area is 113 Å². The summed E-state index contributed by atoms with van der Waals surface area (Å²) in [4.78, 5) is 12.2. The first-order chi connectivity index (χ1) is 8.53. The molecule has 0 aromatic heterocycles. The van der Waals surface area contributed by atoms with Crippen LogP contribution < -0.4 is 0 Å². The number of unbranched alkanes of at least 4 members (excludes halogenated alkanes) is 1. The van der Waals surface area contributed by atoms with Gasteiger partial charge >= 0.3 is 5.97 Å². The number of hydrogen-bond donors (Lipinski definition) is 0. The largest absolute Gasteiger partial charge is 0.465 e. The molecule has 0 spiro atoms. The molecule has 0 rings (SSSR count). The van der Waals surface area contributed by atoms with E-state index in [1.54, 1.807) is 0 Å². The lowest BCUT2D eigenvalue weighted by Gasteiger charge is -2.26. The van der Waals surface area contributed by atoms with Crippen LogP contribution in [0.3, 0.4) is 0 Å². The summed E-state index contributed by atoms with van der Waals surface area (Å²) in [7, 11) is 0. The summed E-state index contributed by atoms with van der Waals surface area (Å²) in [6, 6.07) is 0. The van der Waals surface area contributed by atoms with E-state index in [0.717, 1.165) is 25.7 Å². The van der Waals surface area contributed by atoms with Gasteiger partial charge in [0.1, 0.15) is 0 Å². The number of carbonyl (C=O) groups is 1. The van der Waals surface area contributed by atoms with Gasteiger partial charge in [-0.25, -0.2) is 0 Å². The minimum absolute atomic E-state index is 0.00167. The number of carbonyl (C=O) groups excluding carboxylic acids is 1. The zero-order valence-corrected chi connectivity index (χ0v) is 13.1. The second kappa shape index (κ2) is 9.41. The van der Waals surface area contributed by atoms with Crippen molar-refractivity contribution >= 4 is 5.97 Å². The molecule has 0 fully saturated rings. The van der Waals surface area contributed by atoms with Gasteiger partial charge < -0.3 is 4.74 Å². The molecule has 108 valence electrons. The molecule has 2 unspecified atom stereocenters. The molecule has 2 atom stereocenters. The second-order valence-electron chi connectivity index (χ2n) is 5.68. The van der Waals surface area contributed by atoms with Crippen molar-refractivity contribution in [2.24, 2.45) is 11.3 Å². The molecule has 0 aliphatic rings. The molecule has 0 aliphatic heterocycles. The van der Waals surface area contributed by atoms with Gasteiger partial charge in [0.05, 0.1) is 12.0 Å². The minimum Gasteiger partial charge on any atom is -0.465 e. The van der Waals surface area contributed by atoms with Gasteiger partial charge in [-0.2, -0.15) is 0 Å². The molecule has 0 saturated heterocycles. The maximum atomic E-state index is 12.2. The summed E-state index contributed by atoms with van der Waals surface area (Å²) in [6.07, 6.45) is 7.55. The third-order valence-electron chi connectivity index (χ3n) is 4.07. The van der Waals surface area contributed by atoms with Gasteiger partial charge in [0.2, 0.25) is 0 Å². The van der Waals surface area contributed by atoms with Crippen LogP contribution in [0.1, 0.15) is 79.6 Å².